The number of hydrogen-bond acceptors (Lipinski definition) is 4. The van der Waals surface area contributed by atoms with Crippen LogP contribution in [0, 0.1) is 0 Å². The summed E-state index contributed by atoms with van der Waals surface area (Å²) in [6, 6.07) is 26.3. The van der Waals surface area contributed by atoms with Crippen molar-refractivity contribution in [3.8, 4) is 0 Å². The SMILES string of the molecule is C=C(C)C(=O)OC1(c2ccccc2)c2ccccc2[C@H]2OC(CCC)(CCC)O[C@@H]2c2ccccc21. The zero-order chi connectivity index (χ0) is 25.3. The molecule has 0 aromatic heterocycles. The summed E-state index contributed by atoms with van der Waals surface area (Å²) in [6.07, 6.45) is 2.93. The Morgan fingerprint density at radius 2 is 1.28 bits per heavy atom. The van der Waals surface area contributed by atoms with E-state index in [1.165, 1.54) is 0 Å². The zero-order valence-electron chi connectivity index (χ0n) is 21.3. The third-order valence-electron chi connectivity index (χ3n) is 7.29. The zero-order valence-corrected chi connectivity index (χ0v) is 21.3. The maximum atomic E-state index is 13.3. The molecule has 3 aromatic rings. The van der Waals surface area contributed by atoms with Crippen LogP contribution in [0.5, 0.6) is 0 Å². The highest BCUT2D eigenvalue weighted by Crippen LogP contribution is 2.58. The fraction of sp³-hybridized carbons (Fsp3) is 0.344. The van der Waals surface area contributed by atoms with E-state index in [9.17, 15) is 4.79 Å². The van der Waals surface area contributed by atoms with Crippen LogP contribution in [0.15, 0.2) is 91.0 Å². The summed E-state index contributed by atoms with van der Waals surface area (Å²) in [6.45, 7) is 9.88. The van der Waals surface area contributed by atoms with Crippen LogP contribution in [0.3, 0.4) is 0 Å². The van der Waals surface area contributed by atoms with Crippen molar-refractivity contribution < 1.29 is 19.0 Å². The number of fused-ring (bicyclic) bond motifs is 5. The second-order valence-corrected chi connectivity index (χ2v) is 9.88. The average molecular weight is 483 g/mol. The molecule has 0 radical (unpaired) electrons. The molecule has 0 spiro atoms. The molecule has 4 nitrogen and oxygen atoms in total. The summed E-state index contributed by atoms with van der Waals surface area (Å²) in [5.41, 5.74) is 3.77. The molecule has 2 aliphatic rings. The lowest BCUT2D eigenvalue weighted by molar-refractivity contribution is -0.187. The lowest BCUT2D eigenvalue weighted by atomic mass is 9.77. The van der Waals surface area contributed by atoms with E-state index < -0.39 is 17.4 Å². The second-order valence-electron chi connectivity index (χ2n) is 9.88. The maximum absolute atomic E-state index is 13.3. The van der Waals surface area contributed by atoms with Crippen LogP contribution < -0.4 is 0 Å². The Morgan fingerprint density at radius 3 is 1.75 bits per heavy atom. The van der Waals surface area contributed by atoms with E-state index in [-0.39, 0.29) is 12.2 Å². The van der Waals surface area contributed by atoms with E-state index in [2.05, 4.69) is 44.7 Å². The minimum Gasteiger partial charge on any atom is -0.441 e. The van der Waals surface area contributed by atoms with E-state index in [4.69, 9.17) is 14.2 Å². The molecule has 186 valence electrons. The third-order valence-corrected chi connectivity index (χ3v) is 7.29. The smallest absolute Gasteiger partial charge is 0.334 e. The average Bonchev–Trinajstić information content (AvgIpc) is 3.23. The van der Waals surface area contributed by atoms with Crippen molar-refractivity contribution in [1.82, 2.24) is 0 Å². The third kappa shape index (κ3) is 3.89. The van der Waals surface area contributed by atoms with Gasteiger partial charge in [0.05, 0.1) is 0 Å². The van der Waals surface area contributed by atoms with Crippen molar-refractivity contribution in [2.75, 3.05) is 0 Å². The number of hydrogen-bond donors (Lipinski definition) is 0. The molecule has 36 heavy (non-hydrogen) atoms. The topological polar surface area (TPSA) is 44.8 Å². The van der Waals surface area contributed by atoms with Gasteiger partial charge >= 0.3 is 5.97 Å². The number of carbonyl (C=O) groups excluding carboxylic acids is 1. The summed E-state index contributed by atoms with van der Waals surface area (Å²) < 4.78 is 20.3. The number of carbonyl (C=O) groups is 1. The summed E-state index contributed by atoms with van der Waals surface area (Å²) in [7, 11) is 0. The van der Waals surface area contributed by atoms with Crippen LogP contribution >= 0.6 is 0 Å². The number of rotatable bonds is 7. The first kappa shape index (κ1) is 24.5. The number of esters is 1. The van der Waals surface area contributed by atoms with Crippen molar-refractivity contribution >= 4 is 5.97 Å². The Kier molecular flexibility index (Phi) is 6.59. The summed E-state index contributed by atoms with van der Waals surface area (Å²) in [4.78, 5) is 13.3. The first-order valence-corrected chi connectivity index (χ1v) is 12.9. The maximum Gasteiger partial charge on any atom is 0.334 e. The molecular formula is C32H34O4. The van der Waals surface area contributed by atoms with Gasteiger partial charge in [-0.15, -0.1) is 0 Å². The van der Waals surface area contributed by atoms with Crippen LogP contribution in [0.2, 0.25) is 0 Å². The lowest BCUT2D eigenvalue weighted by Crippen LogP contribution is -2.37. The largest absolute Gasteiger partial charge is 0.441 e. The predicted molar refractivity (Wildman–Crippen MR) is 140 cm³/mol. The second kappa shape index (κ2) is 9.68. The highest BCUT2D eigenvalue weighted by atomic mass is 16.8. The van der Waals surface area contributed by atoms with Gasteiger partial charge in [-0.05, 0) is 18.1 Å². The fourth-order valence-corrected chi connectivity index (χ4v) is 5.85. The van der Waals surface area contributed by atoms with E-state index in [0.29, 0.717) is 5.57 Å². The predicted octanol–water partition coefficient (Wildman–Crippen LogP) is 7.54. The molecule has 4 heteroatoms. The molecule has 3 aromatic carbocycles. The minimum atomic E-state index is -1.18. The molecule has 5 rings (SSSR count). The van der Waals surface area contributed by atoms with E-state index in [1.54, 1.807) is 6.92 Å². The van der Waals surface area contributed by atoms with Gasteiger partial charge in [0.25, 0.3) is 0 Å². The fourth-order valence-electron chi connectivity index (χ4n) is 5.85. The normalized spacial score (nSPS) is 21.0. The van der Waals surface area contributed by atoms with Crippen molar-refractivity contribution in [3.63, 3.8) is 0 Å². The van der Waals surface area contributed by atoms with Crippen LogP contribution in [0.4, 0.5) is 0 Å². The summed E-state index contributed by atoms with van der Waals surface area (Å²) >= 11 is 0. The van der Waals surface area contributed by atoms with Gasteiger partial charge in [-0.25, -0.2) is 4.79 Å². The molecular weight excluding hydrogens is 448 g/mol. The standard InChI is InChI=1S/C32H34O4/c1-5-20-31(21-6-2)34-28-24-16-10-12-18-26(24)32(36-30(33)22(3)4,23-14-8-7-9-15-23)27-19-13-11-17-25(27)29(28)35-31/h7-19,28-29H,3,5-6,20-21H2,1-2,4H3/t28-,29-/m1/s1. The van der Waals surface area contributed by atoms with Crippen LogP contribution in [0.1, 0.15) is 86.5 Å². The summed E-state index contributed by atoms with van der Waals surface area (Å²) in [5, 5.41) is 0. The van der Waals surface area contributed by atoms with Crippen LogP contribution in [0.25, 0.3) is 0 Å². The van der Waals surface area contributed by atoms with Gasteiger partial charge in [0, 0.05) is 35.1 Å². The molecule has 0 amide bonds. The highest BCUT2D eigenvalue weighted by Gasteiger charge is 2.55. The molecule has 0 bridgehead atoms. The van der Waals surface area contributed by atoms with Crippen LogP contribution in [-0.2, 0) is 24.6 Å². The van der Waals surface area contributed by atoms with E-state index in [1.807, 2.05) is 54.6 Å². The Hall–Kier alpha value is -3.21. The van der Waals surface area contributed by atoms with Crippen molar-refractivity contribution in [2.24, 2.45) is 0 Å². The quantitative estimate of drug-likeness (QED) is 0.258. The Bertz CT molecular complexity index is 1200. The van der Waals surface area contributed by atoms with Gasteiger partial charge in [0.15, 0.2) is 11.4 Å². The molecule has 1 heterocycles. The Balaban J connectivity index is 1.83. The van der Waals surface area contributed by atoms with Gasteiger partial charge in [0.1, 0.15) is 12.2 Å². The van der Waals surface area contributed by atoms with Crippen molar-refractivity contribution in [2.45, 2.75) is 70.1 Å². The minimum absolute atomic E-state index is 0.324. The van der Waals surface area contributed by atoms with E-state index in [0.717, 1.165) is 53.5 Å². The Morgan fingerprint density at radius 1 is 0.806 bits per heavy atom. The molecule has 0 saturated carbocycles. The molecule has 1 fully saturated rings. The van der Waals surface area contributed by atoms with Crippen LogP contribution in [-0.4, -0.2) is 11.8 Å². The highest BCUT2D eigenvalue weighted by molar-refractivity contribution is 5.88. The van der Waals surface area contributed by atoms with Gasteiger partial charge in [-0.3, -0.25) is 0 Å². The Labute approximate surface area is 213 Å². The first-order valence-electron chi connectivity index (χ1n) is 12.9. The van der Waals surface area contributed by atoms with Crippen molar-refractivity contribution in [1.29, 1.82) is 0 Å². The summed E-state index contributed by atoms with van der Waals surface area (Å²) in [5.74, 6) is -1.08. The molecule has 1 aliphatic heterocycles. The van der Waals surface area contributed by atoms with Gasteiger partial charge in [-0.2, -0.15) is 0 Å². The van der Waals surface area contributed by atoms with Gasteiger partial charge < -0.3 is 14.2 Å². The number of benzene rings is 3. The first-order chi connectivity index (χ1) is 17.5. The van der Waals surface area contributed by atoms with Crippen molar-refractivity contribution in [3.05, 3.63) is 119 Å². The monoisotopic (exact) mass is 482 g/mol. The molecule has 1 saturated heterocycles. The molecule has 1 aliphatic carbocycles. The van der Waals surface area contributed by atoms with Gasteiger partial charge in [-0.1, -0.05) is 112 Å². The van der Waals surface area contributed by atoms with E-state index >= 15 is 0 Å². The molecule has 0 N–H and O–H groups in total. The molecule has 0 unspecified atom stereocenters. The lowest BCUT2D eigenvalue weighted by Gasteiger charge is -2.37. The number of ether oxygens (including phenoxy) is 3. The molecule has 2 atom stereocenters. The van der Waals surface area contributed by atoms with Gasteiger partial charge in [0.2, 0.25) is 0 Å².